The van der Waals surface area contributed by atoms with Crippen molar-refractivity contribution in [3.63, 3.8) is 0 Å². The zero-order valence-electron chi connectivity index (χ0n) is 16.8. The first-order chi connectivity index (χ1) is 14.3. The number of hydrogen-bond acceptors (Lipinski definition) is 6. The molecule has 1 amide bonds. The number of fused-ring (bicyclic) bond motifs is 1. The Morgan fingerprint density at radius 2 is 2.13 bits per heavy atom. The molecular formula is C20H22Cl2FN5O2. The van der Waals surface area contributed by atoms with Gasteiger partial charge in [0.05, 0.1) is 35.4 Å². The second-order valence-electron chi connectivity index (χ2n) is 7.74. The van der Waals surface area contributed by atoms with Crippen LogP contribution in [-0.2, 0) is 4.74 Å². The van der Waals surface area contributed by atoms with E-state index in [2.05, 4.69) is 34.0 Å². The van der Waals surface area contributed by atoms with Gasteiger partial charge in [0.2, 0.25) is 5.28 Å². The van der Waals surface area contributed by atoms with Gasteiger partial charge < -0.3 is 19.9 Å². The minimum atomic E-state index is -0.399. The Kier molecular flexibility index (Phi) is 5.63. The summed E-state index contributed by atoms with van der Waals surface area (Å²) in [4.78, 5) is 23.8. The number of amides is 1. The van der Waals surface area contributed by atoms with Gasteiger partial charge in [-0.05, 0) is 44.0 Å². The highest BCUT2D eigenvalue weighted by molar-refractivity contribution is 6.33. The molecule has 1 unspecified atom stereocenters. The van der Waals surface area contributed by atoms with Gasteiger partial charge in [-0.3, -0.25) is 0 Å². The van der Waals surface area contributed by atoms with Crippen molar-refractivity contribution in [3.05, 3.63) is 34.5 Å². The minimum absolute atomic E-state index is 0.0425. The largest absolute Gasteiger partial charge is 0.453 e. The molecule has 0 saturated carbocycles. The first kappa shape index (κ1) is 20.9. The number of anilines is 2. The number of ether oxygens (including phenoxy) is 1. The fraction of sp³-hybridized carbons (Fsp3) is 0.450. The molecular weight excluding hydrogens is 432 g/mol. The van der Waals surface area contributed by atoms with Crippen LogP contribution in [0.5, 0.6) is 0 Å². The third-order valence-corrected chi connectivity index (χ3v) is 6.05. The van der Waals surface area contributed by atoms with E-state index in [9.17, 15) is 4.79 Å². The predicted molar refractivity (Wildman–Crippen MR) is 115 cm³/mol. The van der Waals surface area contributed by atoms with E-state index in [0.717, 1.165) is 12.1 Å². The van der Waals surface area contributed by atoms with Crippen molar-refractivity contribution >= 4 is 40.7 Å². The first-order valence-corrected chi connectivity index (χ1v) is 10.5. The Hall–Kier alpha value is -2.32. The molecule has 2 aliphatic rings. The van der Waals surface area contributed by atoms with Gasteiger partial charge in [0.15, 0.2) is 0 Å². The van der Waals surface area contributed by atoms with Crippen LogP contribution < -0.4 is 10.2 Å². The summed E-state index contributed by atoms with van der Waals surface area (Å²) in [6, 6.07) is 3.35. The van der Waals surface area contributed by atoms with Crippen molar-refractivity contribution in [2.75, 3.05) is 30.4 Å². The van der Waals surface area contributed by atoms with Crippen molar-refractivity contribution in [1.29, 1.82) is 0 Å². The van der Waals surface area contributed by atoms with E-state index in [1.807, 2.05) is 6.07 Å². The van der Waals surface area contributed by atoms with Crippen molar-refractivity contribution in [3.8, 4) is 11.3 Å². The molecule has 10 heteroatoms. The summed E-state index contributed by atoms with van der Waals surface area (Å²) in [7, 11) is 1.38. The van der Waals surface area contributed by atoms with Gasteiger partial charge in [0, 0.05) is 30.6 Å². The molecule has 30 heavy (non-hydrogen) atoms. The molecule has 1 fully saturated rings. The summed E-state index contributed by atoms with van der Waals surface area (Å²) >= 11 is 12.2. The van der Waals surface area contributed by atoms with Crippen LogP contribution in [-0.4, -0.2) is 53.4 Å². The van der Waals surface area contributed by atoms with Gasteiger partial charge in [-0.25, -0.2) is 19.2 Å². The molecule has 4 rings (SSSR count). The number of aromatic nitrogens is 2. The molecule has 0 spiro atoms. The fourth-order valence-corrected chi connectivity index (χ4v) is 4.61. The average molecular weight is 454 g/mol. The summed E-state index contributed by atoms with van der Waals surface area (Å²) in [5.74, 6) is -0.275. The highest BCUT2D eigenvalue weighted by atomic mass is 35.5. The summed E-state index contributed by atoms with van der Waals surface area (Å²) in [6.45, 7) is 5.26. The van der Waals surface area contributed by atoms with Crippen molar-refractivity contribution in [1.82, 2.24) is 14.9 Å². The zero-order valence-corrected chi connectivity index (χ0v) is 18.3. The summed E-state index contributed by atoms with van der Waals surface area (Å²) in [5, 5.41) is 3.67. The summed E-state index contributed by atoms with van der Waals surface area (Å²) < 4.78 is 20.0. The van der Waals surface area contributed by atoms with E-state index >= 15 is 4.39 Å². The number of rotatable bonds is 3. The number of benzene rings is 1. The number of nitrogens with zero attached hydrogens (tertiary/aromatic N) is 4. The van der Waals surface area contributed by atoms with Gasteiger partial charge in [-0.2, -0.15) is 0 Å². The van der Waals surface area contributed by atoms with Gasteiger partial charge in [0.1, 0.15) is 12.0 Å². The topological polar surface area (TPSA) is 70.6 Å². The molecule has 3 heterocycles. The lowest BCUT2D eigenvalue weighted by atomic mass is 10.0. The monoisotopic (exact) mass is 453 g/mol. The third-order valence-electron chi connectivity index (χ3n) is 5.59. The molecule has 2 aromatic rings. The minimum Gasteiger partial charge on any atom is -0.453 e. The summed E-state index contributed by atoms with van der Waals surface area (Å²) in [5.41, 5.74) is 2.07. The van der Waals surface area contributed by atoms with Gasteiger partial charge in [0.25, 0.3) is 0 Å². The van der Waals surface area contributed by atoms with Crippen LogP contribution >= 0.6 is 23.2 Å². The number of hydrogen-bond donors (Lipinski definition) is 1. The molecule has 2 atom stereocenters. The molecule has 1 aromatic carbocycles. The lowest BCUT2D eigenvalue weighted by molar-refractivity contribution is 0.131. The molecule has 1 saturated heterocycles. The lowest BCUT2D eigenvalue weighted by Gasteiger charge is -2.34. The van der Waals surface area contributed by atoms with Crippen LogP contribution in [0.1, 0.15) is 20.3 Å². The van der Waals surface area contributed by atoms with E-state index in [0.29, 0.717) is 35.1 Å². The molecule has 160 valence electrons. The van der Waals surface area contributed by atoms with Gasteiger partial charge >= 0.3 is 6.09 Å². The number of nitrogens with one attached hydrogen (secondary N) is 1. The van der Waals surface area contributed by atoms with Crippen LogP contribution in [0, 0.1) is 11.7 Å². The first-order valence-electron chi connectivity index (χ1n) is 9.70. The maximum atomic E-state index is 15.1. The number of likely N-dealkylation sites (tertiary alicyclic amines) is 1. The zero-order chi connectivity index (χ0) is 21.6. The number of carbonyl (C=O) groups is 1. The highest BCUT2D eigenvalue weighted by Gasteiger charge is 2.41. The quantitative estimate of drug-likeness (QED) is 0.682. The standard InChI is InChI=1S/C20H22Cl2FN5O2/c1-10(2)28-15-7-12(16-13(21)8-24-19(22)26-16)6-14(23)17(15)25-18(28)11-4-5-27(9-11)20(29)30-3/h6-8,10-11,18,25H,4-5,9H2,1-3H3/t11-,18?/m1/s1. The number of carbonyl (C=O) groups excluding carboxylic acids is 1. The molecule has 1 aromatic heterocycles. The average Bonchev–Trinajstić information content (AvgIpc) is 3.34. The molecule has 0 aliphatic carbocycles. The molecule has 1 N–H and O–H groups in total. The van der Waals surface area contributed by atoms with E-state index < -0.39 is 5.82 Å². The van der Waals surface area contributed by atoms with Crippen LogP contribution in [0.2, 0.25) is 10.3 Å². The van der Waals surface area contributed by atoms with Gasteiger partial charge in [-0.15, -0.1) is 0 Å². The molecule has 7 nitrogen and oxygen atoms in total. The smallest absolute Gasteiger partial charge is 0.409 e. The Morgan fingerprint density at radius 1 is 1.37 bits per heavy atom. The van der Waals surface area contributed by atoms with Crippen LogP contribution in [0.3, 0.4) is 0 Å². The molecule has 2 aliphatic heterocycles. The predicted octanol–water partition coefficient (Wildman–Crippen LogP) is 4.64. The number of halogens is 3. The second kappa shape index (κ2) is 8.07. The number of methoxy groups -OCH3 is 1. The van der Waals surface area contributed by atoms with Crippen molar-refractivity contribution in [2.24, 2.45) is 5.92 Å². The van der Waals surface area contributed by atoms with E-state index in [-0.39, 0.29) is 29.5 Å². The van der Waals surface area contributed by atoms with Crippen LogP contribution in [0.25, 0.3) is 11.3 Å². The Bertz CT molecular complexity index is 990. The van der Waals surface area contributed by atoms with E-state index in [1.54, 1.807) is 4.90 Å². The Morgan fingerprint density at radius 3 is 2.83 bits per heavy atom. The fourth-order valence-electron chi connectivity index (χ4n) is 4.28. The molecule has 0 radical (unpaired) electrons. The molecule has 0 bridgehead atoms. The Balaban J connectivity index is 1.70. The summed E-state index contributed by atoms with van der Waals surface area (Å²) in [6.07, 6.45) is 1.71. The van der Waals surface area contributed by atoms with Gasteiger partial charge in [-0.1, -0.05) is 11.6 Å². The maximum absolute atomic E-state index is 15.1. The Labute approximate surface area is 184 Å². The van der Waals surface area contributed by atoms with Crippen molar-refractivity contribution in [2.45, 2.75) is 32.5 Å². The van der Waals surface area contributed by atoms with Crippen LogP contribution in [0.15, 0.2) is 18.3 Å². The van der Waals surface area contributed by atoms with E-state index in [1.165, 1.54) is 19.4 Å². The highest BCUT2D eigenvalue weighted by Crippen LogP contribution is 2.44. The van der Waals surface area contributed by atoms with E-state index in [4.69, 9.17) is 27.9 Å². The SMILES string of the molecule is COC(=O)N1CC[C@@H](C2Nc3c(F)cc(-c4nc(Cl)ncc4Cl)cc3N2C(C)C)C1. The second-order valence-corrected chi connectivity index (χ2v) is 8.49. The lowest BCUT2D eigenvalue weighted by Crippen LogP contribution is -2.46. The third kappa shape index (κ3) is 3.63. The van der Waals surface area contributed by atoms with Crippen LogP contribution in [0.4, 0.5) is 20.6 Å². The maximum Gasteiger partial charge on any atom is 0.409 e. The van der Waals surface area contributed by atoms with Crippen molar-refractivity contribution < 1.29 is 13.9 Å². The normalized spacial score (nSPS) is 20.5.